The van der Waals surface area contributed by atoms with Crippen molar-refractivity contribution < 1.29 is 24.2 Å². The lowest BCUT2D eigenvalue weighted by atomic mass is 9.96. The van der Waals surface area contributed by atoms with Crippen LogP contribution in [0, 0.1) is 0 Å². The molecule has 2 rings (SSSR count). The van der Waals surface area contributed by atoms with Crippen LogP contribution >= 0.6 is 0 Å². The van der Waals surface area contributed by atoms with Gasteiger partial charge in [0.05, 0.1) is 7.11 Å². The number of carbonyl (C=O) groups is 2. The maximum atomic E-state index is 12.1. The fraction of sp³-hybridized carbons (Fsp3) is 0.500. The van der Waals surface area contributed by atoms with Crippen molar-refractivity contribution in [2.45, 2.75) is 39.3 Å². The predicted octanol–water partition coefficient (Wildman–Crippen LogP) is 2.47. The van der Waals surface area contributed by atoms with Crippen LogP contribution < -0.4 is 0 Å². The topological polar surface area (TPSA) is 76.1 Å². The van der Waals surface area contributed by atoms with Crippen LogP contribution in [0.15, 0.2) is 12.1 Å². The van der Waals surface area contributed by atoms with Gasteiger partial charge in [-0.1, -0.05) is 0 Å². The molecule has 0 fully saturated rings. The fourth-order valence-electron chi connectivity index (χ4n) is 2.35. The molecule has 0 aliphatic carbocycles. The zero-order valence-corrected chi connectivity index (χ0v) is 13.3. The summed E-state index contributed by atoms with van der Waals surface area (Å²) in [5.74, 6) is -0.716. The highest BCUT2D eigenvalue weighted by molar-refractivity contribution is 5.92. The lowest BCUT2D eigenvalue weighted by molar-refractivity contribution is 0.0223. The van der Waals surface area contributed by atoms with Crippen LogP contribution in [-0.2, 0) is 22.4 Å². The molecule has 1 aliphatic heterocycles. The molecule has 0 bridgehead atoms. The summed E-state index contributed by atoms with van der Waals surface area (Å²) in [6.07, 6.45) is 0.216. The van der Waals surface area contributed by atoms with Crippen LogP contribution in [0.1, 0.15) is 42.3 Å². The Morgan fingerprint density at radius 1 is 1.23 bits per heavy atom. The minimum absolute atomic E-state index is 0.142. The number of ether oxygens (including phenoxy) is 2. The summed E-state index contributed by atoms with van der Waals surface area (Å²) in [6.45, 7) is 6.30. The van der Waals surface area contributed by atoms with Crippen molar-refractivity contribution >= 4 is 12.1 Å². The zero-order chi connectivity index (χ0) is 16.5. The average molecular weight is 307 g/mol. The van der Waals surface area contributed by atoms with Crippen LogP contribution in [0.4, 0.5) is 4.79 Å². The molecule has 1 aromatic carbocycles. The quantitative estimate of drug-likeness (QED) is 0.807. The molecule has 0 saturated carbocycles. The largest absolute Gasteiger partial charge is 0.507 e. The Balaban J connectivity index is 2.20. The highest BCUT2D eigenvalue weighted by atomic mass is 16.6. The smallest absolute Gasteiger partial charge is 0.410 e. The van der Waals surface area contributed by atoms with E-state index in [-0.39, 0.29) is 17.4 Å². The predicted molar refractivity (Wildman–Crippen MR) is 79.8 cm³/mol. The molecule has 22 heavy (non-hydrogen) atoms. The summed E-state index contributed by atoms with van der Waals surface area (Å²) < 4.78 is 9.99. The Labute approximate surface area is 129 Å². The van der Waals surface area contributed by atoms with E-state index in [2.05, 4.69) is 4.74 Å². The summed E-state index contributed by atoms with van der Waals surface area (Å²) in [4.78, 5) is 25.3. The molecule has 6 heteroatoms. The average Bonchev–Trinajstić information content (AvgIpc) is 2.43. The molecule has 1 amide bonds. The third kappa shape index (κ3) is 3.50. The van der Waals surface area contributed by atoms with Gasteiger partial charge in [-0.3, -0.25) is 0 Å². The Kier molecular flexibility index (Phi) is 4.30. The Hall–Kier alpha value is -2.24. The van der Waals surface area contributed by atoms with Gasteiger partial charge in [0.2, 0.25) is 0 Å². The maximum absolute atomic E-state index is 12.1. The van der Waals surface area contributed by atoms with Gasteiger partial charge in [-0.05, 0) is 50.5 Å². The van der Waals surface area contributed by atoms with Gasteiger partial charge in [0.25, 0.3) is 0 Å². The van der Waals surface area contributed by atoms with Crippen LogP contribution in [0.25, 0.3) is 0 Å². The standard InChI is InChI=1S/C16H21NO5/c1-16(2,3)22-15(20)17-6-5-10-7-12(14(19)21-4)13(18)8-11(10)9-17/h7-8,18H,5-6,9H2,1-4H3. The molecule has 1 N–H and O–H groups in total. The molecule has 0 saturated heterocycles. The second-order valence-electron chi connectivity index (χ2n) is 6.28. The van der Waals surface area contributed by atoms with E-state index in [0.29, 0.717) is 19.5 Å². The maximum Gasteiger partial charge on any atom is 0.410 e. The number of methoxy groups -OCH3 is 1. The first-order valence-corrected chi connectivity index (χ1v) is 7.12. The first-order valence-electron chi connectivity index (χ1n) is 7.12. The second kappa shape index (κ2) is 5.87. The first-order chi connectivity index (χ1) is 10.2. The number of aromatic hydroxyl groups is 1. The van der Waals surface area contributed by atoms with Crippen LogP contribution in [0.3, 0.4) is 0 Å². The second-order valence-corrected chi connectivity index (χ2v) is 6.28. The first kappa shape index (κ1) is 16.1. The van der Waals surface area contributed by atoms with E-state index < -0.39 is 11.6 Å². The van der Waals surface area contributed by atoms with Gasteiger partial charge in [-0.2, -0.15) is 0 Å². The summed E-state index contributed by atoms with van der Waals surface area (Å²) in [5, 5.41) is 9.94. The molecule has 0 spiro atoms. The number of rotatable bonds is 1. The van der Waals surface area contributed by atoms with Crippen molar-refractivity contribution in [3.63, 3.8) is 0 Å². The molecule has 6 nitrogen and oxygen atoms in total. The molecule has 120 valence electrons. The van der Waals surface area contributed by atoms with E-state index in [4.69, 9.17) is 4.74 Å². The van der Waals surface area contributed by atoms with Gasteiger partial charge in [0.15, 0.2) is 0 Å². The van der Waals surface area contributed by atoms with Crippen molar-refractivity contribution in [3.8, 4) is 5.75 Å². The summed E-state index contributed by atoms with van der Waals surface area (Å²) in [7, 11) is 1.27. The minimum atomic E-state index is -0.574. The highest BCUT2D eigenvalue weighted by Gasteiger charge is 2.27. The van der Waals surface area contributed by atoms with Crippen LogP contribution in [-0.4, -0.2) is 41.3 Å². The monoisotopic (exact) mass is 307 g/mol. The van der Waals surface area contributed by atoms with Crippen molar-refractivity contribution in [2.24, 2.45) is 0 Å². The number of fused-ring (bicyclic) bond motifs is 1. The van der Waals surface area contributed by atoms with Crippen LogP contribution in [0.2, 0.25) is 0 Å². The van der Waals surface area contributed by atoms with E-state index in [1.807, 2.05) is 20.8 Å². The van der Waals surface area contributed by atoms with Crippen molar-refractivity contribution in [2.75, 3.05) is 13.7 Å². The Morgan fingerprint density at radius 3 is 2.50 bits per heavy atom. The van der Waals surface area contributed by atoms with Crippen LogP contribution in [0.5, 0.6) is 5.75 Å². The summed E-state index contributed by atoms with van der Waals surface area (Å²) >= 11 is 0. The van der Waals surface area contributed by atoms with Crippen molar-refractivity contribution in [1.82, 2.24) is 4.90 Å². The number of phenols is 1. The van der Waals surface area contributed by atoms with E-state index >= 15 is 0 Å². The lowest BCUT2D eigenvalue weighted by Crippen LogP contribution is -2.39. The number of hydrogen-bond donors (Lipinski definition) is 1. The number of phenolic OH excluding ortho intramolecular Hbond substituents is 1. The molecular weight excluding hydrogens is 286 g/mol. The number of benzene rings is 1. The number of esters is 1. The summed E-state index contributed by atoms with van der Waals surface area (Å²) in [6, 6.07) is 3.14. The molecule has 1 aliphatic rings. The zero-order valence-electron chi connectivity index (χ0n) is 13.3. The molecular formula is C16H21NO5. The van der Waals surface area contributed by atoms with Gasteiger partial charge >= 0.3 is 12.1 Å². The van der Waals surface area contributed by atoms with Crippen molar-refractivity contribution in [1.29, 1.82) is 0 Å². The summed E-state index contributed by atoms with van der Waals surface area (Å²) in [5.41, 5.74) is 1.33. The van der Waals surface area contributed by atoms with Gasteiger partial charge < -0.3 is 19.5 Å². The molecule has 1 aromatic rings. The van der Waals surface area contributed by atoms with Gasteiger partial charge in [0.1, 0.15) is 16.9 Å². The SMILES string of the molecule is COC(=O)c1cc2c(cc1O)CN(C(=O)OC(C)(C)C)CC2. The molecule has 0 atom stereocenters. The van der Waals surface area contributed by atoms with E-state index in [9.17, 15) is 14.7 Å². The normalized spacial score (nSPS) is 14.3. The van der Waals surface area contributed by atoms with Gasteiger partial charge in [0, 0.05) is 13.1 Å². The number of nitrogens with zero attached hydrogens (tertiary/aromatic N) is 1. The van der Waals surface area contributed by atoms with Gasteiger partial charge in [-0.25, -0.2) is 9.59 Å². The molecule has 1 heterocycles. The fourth-order valence-corrected chi connectivity index (χ4v) is 2.35. The highest BCUT2D eigenvalue weighted by Crippen LogP contribution is 2.28. The molecule has 0 radical (unpaired) electrons. The van der Waals surface area contributed by atoms with E-state index in [1.54, 1.807) is 11.0 Å². The van der Waals surface area contributed by atoms with Crippen molar-refractivity contribution in [3.05, 3.63) is 28.8 Å². The lowest BCUT2D eigenvalue weighted by Gasteiger charge is -2.31. The van der Waals surface area contributed by atoms with E-state index in [1.165, 1.54) is 13.2 Å². The number of amides is 1. The number of hydrogen-bond acceptors (Lipinski definition) is 5. The number of carbonyl (C=O) groups excluding carboxylic acids is 2. The Bertz CT molecular complexity index is 603. The third-order valence-electron chi connectivity index (χ3n) is 3.39. The molecule has 0 unspecified atom stereocenters. The minimum Gasteiger partial charge on any atom is -0.507 e. The Morgan fingerprint density at radius 2 is 1.91 bits per heavy atom. The third-order valence-corrected chi connectivity index (χ3v) is 3.39. The molecule has 0 aromatic heterocycles. The van der Waals surface area contributed by atoms with Gasteiger partial charge in [-0.15, -0.1) is 0 Å². The van der Waals surface area contributed by atoms with E-state index in [0.717, 1.165) is 11.1 Å².